The van der Waals surface area contributed by atoms with Crippen LogP contribution in [0.1, 0.15) is 12.0 Å². The molecule has 0 spiro atoms. The third kappa shape index (κ3) is 3.94. The topological polar surface area (TPSA) is 59.6 Å². The highest BCUT2D eigenvalue weighted by Gasteiger charge is 2.11. The molecule has 2 N–H and O–H groups in total. The Morgan fingerprint density at radius 1 is 1.09 bits per heavy atom. The van der Waals surface area contributed by atoms with Crippen molar-refractivity contribution in [3.05, 3.63) is 48.0 Å². The van der Waals surface area contributed by atoms with Gasteiger partial charge in [0.15, 0.2) is 11.5 Å². The summed E-state index contributed by atoms with van der Waals surface area (Å²) in [4.78, 5) is 12.0. The molecule has 0 saturated carbocycles. The maximum atomic E-state index is 12.0. The molecular formula is C18H20N2O3. The molecule has 1 amide bonds. The van der Waals surface area contributed by atoms with Crippen LogP contribution in [0.4, 0.5) is 11.4 Å². The van der Waals surface area contributed by atoms with Crippen molar-refractivity contribution < 1.29 is 14.3 Å². The molecular weight excluding hydrogens is 292 g/mol. The first-order chi connectivity index (χ1) is 11.2. The molecule has 0 bridgehead atoms. The Bertz CT molecular complexity index is 700. The van der Waals surface area contributed by atoms with Crippen molar-refractivity contribution in [1.29, 1.82) is 0 Å². The molecule has 1 aliphatic heterocycles. The number of carbonyl (C=O) groups is 1. The SMILES string of the molecule is Cc1ccccc1NC(=O)CCNc1ccc2c(c1)OCCO2. The zero-order chi connectivity index (χ0) is 16.1. The van der Waals surface area contributed by atoms with E-state index in [9.17, 15) is 4.79 Å². The van der Waals surface area contributed by atoms with Crippen molar-refractivity contribution in [2.75, 3.05) is 30.4 Å². The van der Waals surface area contributed by atoms with E-state index in [1.54, 1.807) is 0 Å². The minimum Gasteiger partial charge on any atom is -0.486 e. The molecule has 1 aliphatic rings. The summed E-state index contributed by atoms with van der Waals surface area (Å²) in [6.07, 6.45) is 0.392. The van der Waals surface area contributed by atoms with E-state index in [-0.39, 0.29) is 5.91 Å². The van der Waals surface area contributed by atoms with E-state index in [1.807, 2.05) is 49.4 Å². The van der Waals surface area contributed by atoms with E-state index in [0.29, 0.717) is 26.2 Å². The predicted molar refractivity (Wildman–Crippen MR) is 90.3 cm³/mol. The lowest BCUT2D eigenvalue weighted by molar-refractivity contribution is -0.115. The van der Waals surface area contributed by atoms with Gasteiger partial charge in [0.05, 0.1) is 0 Å². The molecule has 2 aromatic carbocycles. The lowest BCUT2D eigenvalue weighted by Gasteiger charge is -2.19. The van der Waals surface area contributed by atoms with Crippen molar-refractivity contribution >= 4 is 17.3 Å². The second-order valence-electron chi connectivity index (χ2n) is 5.40. The molecule has 1 heterocycles. The number of aryl methyl sites for hydroxylation is 1. The summed E-state index contributed by atoms with van der Waals surface area (Å²) in [5.41, 5.74) is 2.83. The number of amides is 1. The van der Waals surface area contributed by atoms with Crippen molar-refractivity contribution in [2.45, 2.75) is 13.3 Å². The van der Waals surface area contributed by atoms with Crippen LogP contribution in [-0.4, -0.2) is 25.7 Å². The van der Waals surface area contributed by atoms with Crippen LogP contribution in [0.3, 0.4) is 0 Å². The third-order valence-electron chi connectivity index (χ3n) is 3.64. The van der Waals surface area contributed by atoms with Gasteiger partial charge in [-0.2, -0.15) is 0 Å². The summed E-state index contributed by atoms with van der Waals surface area (Å²) >= 11 is 0. The van der Waals surface area contributed by atoms with Gasteiger partial charge in [0.25, 0.3) is 0 Å². The standard InChI is InChI=1S/C18H20N2O3/c1-13-4-2-3-5-15(13)20-18(21)8-9-19-14-6-7-16-17(12-14)23-11-10-22-16/h2-7,12,19H,8-11H2,1H3,(H,20,21). The second kappa shape index (κ2) is 7.05. The Morgan fingerprint density at radius 3 is 2.70 bits per heavy atom. The fraction of sp³-hybridized carbons (Fsp3) is 0.278. The minimum absolute atomic E-state index is 0.00987. The summed E-state index contributed by atoms with van der Waals surface area (Å²) < 4.78 is 11.0. The van der Waals surface area contributed by atoms with Crippen LogP contribution < -0.4 is 20.1 Å². The number of para-hydroxylation sites is 1. The predicted octanol–water partition coefficient (Wildman–Crippen LogP) is 3.21. The van der Waals surface area contributed by atoms with Crippen LogP contribution in [0.2, 0.25) is 0 Å². The van der Waals surface area contributed by atoms with Crippen LogP contribution in [0.15, 0.2) is 42.5 Å². The smallest absolute Gasteiger partial charge is 0.226 e. The number of carbonyl (C=O) groups excluding carboxylic acids is 1. The normalized spacial score (nSPS) is 12.6. The van der Waals surface area contributed by atoms with Gasteiger partial charge in [-0.05, 0) is 30.7 Å². The van der Waals surface area contributed by atoms with Crippen LogP contribution in [0.25, 0.3) is 0 Å². The van der Waals surface area contributed by atoms with Crippen LogP contribution >= 0.6 is 0 Å². The molecule has 0 unspecified atom stereocenters. The first-order valence-corrected chi connectivity index (χ1v) is 7.71. The summed E-state index contributed by atoms with van der Waals surface area (Å²) in [5, 5.41) is 6.15. The van der Waals surface area contributed by atoms with Gasteiger partial charge in [-0.25, -0.2) is 0 Å². The molecule has 5 heteroatoms. The first-order valence-electron chi connectivity index (χ1n) is 7.71. The quantitative estimate of drug-likeness (QED) is 0.890. The molecule has 23 heavy (non-hydrogen) atoms. The van der Waals surface area contributed by atoms with Crippen molar-refractivity contribution in [1.82, 2.24) is 0 Å². The Morgan fingerprint density at radius 2 is 1.87 bits per heavy atom. The van der Waals surface area contributed by atoms with Gasteiger partial charge >= 0.3 is 0 Å². The average molecular weight is 312 g/mol. The van der Waals surface area contributed by atoms with E-state index < -0.39 is 0 Å². The molecule has 5 nitrogen and oxygen atoms in total. The highest BCUT2D eigenvalue weighted by atomic mass is 16.6. The van der Waals surface area contributed by atoms with E-state index >= 15 is 0 Å². The molecule has 0 aromatic heterocycles. The molecule has 2 aromatic rings. The summed E-state index contributed by atoms with van der Waals surface area (Å²) in [7, 11) is 0. The Hall–Kier alpha value is -2.69. The monoisotopic (exact) mass is 312 g/mol. The molecule has 0 fully saturated rings. The number of hydrogen-bond acceptors (Lipinski definition) is 4. The third-order valence-corrected chi connectivity index (χ3v) is 3.64. The van der Waals surface area contributed by atoms with Crippen LogP contribution in [0.5, 0.6) is 11.5 Å². The number of hydrogen-bond donors (Lipinski definition) is 2. The maximum absolute atomic E-state index is 12.0. The van der Waals surface area contributed by atoms with Crippen molar-refractivity contribution in [2.24, 2.45) is 0 Å². The zero-order valence-electron chi connectivity index (χ0n) is 13.1. The van der Waals surface area contributed by atoms with Crippen molar-refractivity contribution in [3.8, 4) is 11.5 Å². The van der Waals surface area contributed by atoms with Crippen molar-refractivity contribution in [3.63, 3.8) is 0 Å². The highest BCUT2D eigenvalue weighted by Crippen LogP contribution is 2.32. The molecule has 0 radical (unpaired) electrons. The first kappa shape index (κ1) is 15.2. The Kier molecular flexibility index (Phi) is 4.66. The summed E-state index contributed by atoms with van der Waals surface area (Å²) in [5.74, 6) is 1.49. The van der Waals surface area contributed by atoms with E-state index in [2.05, 4.69) is 10.6 Å². The van der Waals surface area contributed by atoms with Crippen LogP contribution in [-0.2, 0) is 4.79 Å². The zero-order valence-corrected chi connectivity index (χ0v) is 13.1. The minimum atomic E-state index is -0.00987. The van der Waals surface area contributed by atoms with Gasteiger partial charge in [-0.3, -0.25) is 4.79 Å². The van der Waals surface area contributed by atoms with Gasteiger partial charge in [-0.1, -0.05) is 18.2 Å². The fourth-order valence-electron chi connectivity index (χ4n) is 2.40. The van der Waals surface area contributed by atoms with E-state index in [1.165, 1.54) is 0 Å². The Balaban J connectivity index is 1.49. The Labute approximate surface area is 135 Å². The van der Waals surface area contributed by atoms with Crippen LogP contribution in [0, 0.1) is 6.92 Å². The van der Waals surface area contributed by atoms with Gasteiger partial charge in [-0.15, -0.1) is 0 Å². The lowest BCUT2D eigenvalue weighted by Crippen LogP contribution is -2.17. The molecule has 0 atom stereocenters. The highest BCUT2D eigenvalue weighted by molar-refractivity contribution is 5.91. The fourth-order valence-corrected chi connectivity index (χ4v) is 2.40. The van der Waals surface area contributed by atoms with Gasteiger partial charge in [0, 0.05) is 30.4 Å². The molecule has 3 rings (SSSR count). The second-order valence-corrected chi connectivity index (χ2v) is 5.40. The summed E-state index contributed by atoms with van der Waals surface area (Å²) in [6, 6.07) is 13.4. The summed E-state index contributed by atoms with van der Waals surface area (Å²) in [6.45, 7) is 3.68. The average Bonchev–Trinajstić information content (AvgIpc) is 2.57. The molecule has 0 aliphatic carbocycles. The lowest BCUT2D eigenvalue weighted by atomic mass is 10.2. The van der Waals surface area contributed by atoms with E-state index in [4.69, 9.17) is 9.47 Å². The molecule has 120 valence electrons. The largest absolute Gasteiger partial charge is 0.486 e. The number of ether oxygens (including phenoxy) is 2. The van der Waals surface area contributed by atoms with Gasteiger partial charge in [0.2, 0.25) is 5.91 Å². The number of benzene rings is 2. The number of rotatable bonds is 5. The number of nitrogens with one attached hydrogen (secondary N) is 2. The number of fused-ring (bicyclic) bond motifs is 1. The van der Waals surface area contributed by atoms with E-state index in [0.717, 1.165) is 28.4 Å². The number of anilines is 2. The van der Waals surface area contributed by atoms with Gasteiger partial charge < -0.3 is 20.1 Å². The molecule has 0 saturated heterocycles. The maximum Gasteiger partial charge on any atom is 0.226 e. The van der Waals surface area contributed by atoms with Gasteiger partial charge in [0.1, 0.15) is 13.2 Å².